The van der Waals surface area contributed by atoms with E-state index in [0.717, 1.165) is 12.6 Å². The molecule has 0 fully saturated rings. The molecule has 0 bridgehead atoms. The average molecular weight is 317 g/mol. The number of carbonyl (C=O) groups is 1. The van der Waals surface area contributed by atoms with Crippen LogP contribution in [0, 0.1) is 11.2 Å². The number of pyridine rings is 1. The van der Waals surface area contributed by atoms with Crippen LogP contribution in [-0.2, 0) is 0 Å². The first-order valence-electron chi connectivity index (χ1n) is 5.81. The summed E-state index contributed by atoms with van der Waals surface area (Å²) in [5.41, 5.74) is 0.210. The molecule has 0 saturated carbocycles. The molecule has 0 aliphatic rings. The van der Waals surface area contributed by atoms with Crippen LogP contribution >= 0.6 is 15.9 Å². The van der Waals surface area contributed by atoms with Crippen molar-refractivity contribution < 1.29 is 9.18 Å². The monoisotopic (exact) mass is 316 g/mol. The second-order valence-corrected chi connectivity index (χ2v) is 6.72. The summed E-state index contributed by atoms with van der Waals surface area (Å²) in [5.74, 6) is -1.01. The van der Waals surface area contributed by atoms with E-state index >= 15 is 0 Å². The predicted octanol–water partition coefficient (Wildman–Crippen LogP) is 3.15. The van der Waals surface area contributed by atoms with Gasteiger partial charge in [0.05, 0.1) is 11.8 Å². The molecule has 18 heavy (non-hydrogen) atoms. The zero-order valence-corrected chi connectivity index (χ0v) is 12.4. The minimum Gasteiger partial charge on any atom is -0.351 e. The van der Waals surface area contributed by atoms with Crippen molar-refractivity contribution in [3.63, 3.8) is 0 Å². The van der Waals surface area contributed by atoms with Crippen molar-refractivity contribution in [3.8, 4) is 0 Å². The smallest absolute Gasteiger partial charge is 0.254 e. The maximum absolute atomic E-state index is 13.3. The molecule has 0 radical (unpaired) electrons. The Morgan fingerprint density at radius 3 is 2.78 bits per heavy atom. The molecule has 1 unspecified atom stereocenters. The summed E-state index contributed by atoms with van der Waals surface area (Å²) in [6, 6.07) is 1.37. The maximum atomic E-state index is 13.3. The number of hydrogen-bond donors (Lipinski definition) is 1. The van der Waals surface area contributed by atoms with Crippen molar-refractivity contribution in [1.82, 2.24) is 10.3 Å². The standard InChI is InChI=1S/C13H18BrFN2O/c1-13(2,3)6-9(14)7-17-12(18)10-4-5-16-8-11(10)15/h4-5,8-9H,6-7H2,1-3H3,(H,17,18). The first-order chi connectivity index (χ1) is 8.29. The number of carbonyl (C=O) groups excluding carboxylic acids is 1. The van der Waals surface area contributed by atoms with Crippen molar-refractivity contribution in [2.24, 2.45) is 5.41 Å². The Morgan fingerprint density at radius 1 is 1.56 bits per heavy atom. The molecule has 0 saturated heterocycles. The van der Waals surface area contributed by atoms with E-state index in [0.29, 0.717) is 6.54 Å². The zero-order chi connectivity index (χ0) is 13.8. The Labute approximate surface area is 115 Å². The SMILES string of the molecule is CC(C)(C)CC(Br)CNC(=O)c1ccncc1F. The number of amides is 1. The van der Waals surface area contributed by atoms with Gasteiger partial charge in [0, 0.05) is 17.6 Å². The third kappa shape index (κ3) is 5.12. The summed E-state index contributed by atoms with van der Waals surface area (Å²) in [5, 5.41) is 2.71. The van der Waals surface area contributed by atoms with Crippen molar-refractivity contribution >= 4 is 21.8 Å². The van der Waals surface area contributed by atoms with Gasteiger partial charge in [-0.3, -0.25) is 9.78 Å². The third-order valence-corrected chi connectivity index (χ3v) is 2.98. The van der Waals surface area contributed by atoms with Crippen LogP contribution in [0.15, 0.2) is 18.5 Å². The highest BCUT2D eigenvalue weighted by atomic mass is 79.9. The van der Waals surface area contributed by atoms with E-state index in [4.69, 9.17) is 0 Å². The van der Waals surface area contributed by atoms with E-state index in [-0.39, 0.29) is 15.8 Å². The summed E-state index contributed by atoms with van der Waals surface area (Å²) in [6.07, 6.45) is 3.36. The van der Waals surface area contributed by atoms with E-state index in [1.54, 1.807) is 0 Å². The maximum Gasteiger partial charge on any atom is 0.254 e. The molecule has 1 N–H and O–H groups in total. The van der Waals surface area contributed by atoms with Crippen molar-refractivity contribution in [3.05, 3.63) is 29.8 Å². The molecule has 100 valence electrons. The Kier molecular flexibility index (Phi) is 5.26. The number of nitrogens with one attached hydrogen (secondary N) is 1. The lowest BCUT2D eigenvalue weighted by atomic mass is 9.90. The highest BCUT2D eigenvalue weighted by molar-refractivity contribution is 9.09. The number of hydrogen-bond acceptors (Lipinski definition) is 2. The number of rotatable bonds is 4. The van der Waals surface area contributed by atoms with E-state index in [1.807, 2.05) is 0 Å². The first-order valence-corrected chi connectivity index (χ1v) is 6.73. The Bertz CT molecular complexity index is 418. The minimum atomic E-state index is -0.600. The second-order valence-electron chi connectivity index (χ2n) is 5.43. The van der Waals surface area contributed by atoms with Gasteiger partial charge in [-0.15, -0.1) is 0 Å². The molecule has 3 nitrogen and oxygen atoms in total. The number of aromatic nitrogens is 1. The molecule has 0 aliphatic heterocycles. The lowest BCUT2D eigenvalue weighted by molar-refractivity contribution is 0.0948. The predicted molar refractivity (Wildman–Crippen MR) is 73.3 cm³/mol. The summed E-state index contributed by atoms with van der Waals surface area (Å²) in [7, 11) is 0. The van der Waals surface area contributed by atoms with E-state index in [1.165, 1.54) is 12.3 Å². The Morgan fingerprint density at radius 2 is 2.22 bits per heavy atom. The van der Waals surface area contributed by atoms with Gasteiger partial charge in [0.25, 0.3) is 5.91 Å². The van der Waals surface area contributed by atoms with Crippen LogP contribution in [0.5, 0.6) is 0 Å². The van der Waals surface area contributed by atoms with Gasteiger partial charge in [-0.2, -0.15) is 0 Å². The van der Waals surface area contributed by atoms with Gasteiger partial charge in [0.2, 0.25) is 0 Å². The van der Waals surface area contributed by atoms with Gasteiger partial charge in [-0.1, -0.05) is 36.7 Å². The molecule has 0 aromatic carbocycles. The van der Waals surface area contributed by atoms with Crippen LogP contribution in [0.4, 0.5) is 4.39 Å². The summed E-state index contributed by atoms with van der Waals surface area (Å²) < 4.78 is 13.3. The fraction of sp³-hybridized carbons (Fsp3) is 0.538. The lowest BCUT2D eigenvalue weighted by Gasteiger charge is -2.22. The minimum absolute atomic E-state index is 0.0282. The molecule has 0 spiro atoms. The highest BCUT2D eigenvalue weighted by Crippen LogP contribution is 2.24. The Balaban J connectivity index is 2.50. The first kappa shape index (κ1) is 15.1. The molecule has 5 heteroatoms. The molecule has 1 atom stereocenters. The van der Waals surface area contributed by atoms with Crippen molar-refractivity contribution in [2.75, 3.05) is 6.54 Å². The van der Waals surface area contributed by atoms with Gasteiger partial charge >= 0.3 is 0 Å². The summed E-state index contributed by atoms with van der Waals surface area (Å²) in [6.45, 7) is 6.86. The highest BCUT2D eigenvalue weighted by Gasteiger charge is 2.18. The normalized spacial score (nSPS) is 13.2. The largest absolute Gasteiger partial charge is 0.351 e. The molecule has 1 rings (SSSR count). The van der Waals surface area contributed by atoms with Crippen LogP contribution in [0.2, 0.25) is 0 Å². The molecular weight excluding hydrogens is 299 g/mol. The van der Waals surface area contributed by atoms with E-state index in [2.05, 4.69) is 47.0 Å². The van der Waals surface area contributed by atoms with Crippen molar-refractivity contribution in [2.45, 2.75) is 32.0 Å². The van der Waals surface area contributed by atoms with Crippen LogP contribution in [0.25, 0.3) is 0 Å². The van der Waals surface area contributed by atoms with Crippen molar-refractivity contribution in [1.29, 1.82) is 0 Å². The number of halogens is 2. The Hall–Kier alpha value is -0.970. The molecule has 1 aromatic rings. The van der Waals surface area contributed by atoms with Gasteiger partial charge in [0.15, 0.2) is 5.82 Å². The van der Waals surface area contributed by atoms with Crippen LogP contribution in [0.1, 0.15) is 37.6 Å². The fourth-order valence-corrected chi connectivity index (χ4v) is 2.73. The lowest BCUT2D eigenvalue weighted by Crippen LogP contribution is -2.31. The number of nitrogens with zero attached hydrogens (tertiary/aromatic N) is 1. The van der Waals surface area contributed by atoms with E-state index < -0.39 is 11.7 Å². The molecule has 1 amide bonds. The third-order valence-electron chi connectivity index (χ3n) is 2.34. The van der Waals surface area contributed by atoms with Crippen LogP contribution in [-0.4, -0.2) is 22.3 Å². The summed E-state index contributed by atoms with van der Waals surface area (Å²) >= 11 is 3.51. The summed E-state index contributed by atoms with van der Waals surface area (Å²) in [4.78, 5) is 15.5. The van der Waals surface area contributed by atoms with Gasteiger partial charge in [0.1, 0.15) is 0 Å². The van der Waals surface area contributed by atoms with Crippen LogP contribution < -0.4 is 5.32 Å². The molecule has 1 heterocycles. The molecule has 1 aromatic heterocycles. The van der Waals surface area contributed by atoms with Gasteiger partial charge in [-0.05, 0) is 17.9 Å². The molecular formula is C13H18BrFN2O. The van der Waals surface area contributed by atoms with Gasteiger partial charge < -0.3 is 5.32 Å². The second kappa shape index (κ2) is 6.27. The van der Waals surface area contributed by atoms with Gasteiger partial charge in [-0.25, -0.2) is 4.39 Å². The molecule has 0 aliphatic carbocycles. The zero-order valence-electron chi connectivity index (χ0n) is 10.8. The fourth-order valence-electron chi connectivity index (χ4n) is 1.59. The van der Waals surface area contributed by atoms with Crippen LogP contribution in [0.3, 0.4) is 0 Å². The average Bonchev–Trinajstić information content (AvgIpc) is 2.24. The van der Waals surface area contributed by atoms with E-state index in [9.17, 15) is 9.18 Å². The number of alkyl halides is 1. The quantitative estimate of drug-likeness (QED) is 0.867. The topological polar surface area (TPSA) is 42.0 Å².